The van der Waals surface area contributed by atoms with E-state index in [0.29, 0.717) is 18.8 Å². The second-order valence-corrected chi connectivity index (χ2v) is 9.52. The molecular weight excluding hydrogens is 405 g/mol. The molecule has 3 aromatic rings. The molecule has 158 valence electrons. The van der Waals surface area contributed by atoms with Crippen LogP contribution in [0.15, 0.2) is 53.9 Å². The largest absolute Gasteiger partial charge is 0.355 e. The third kappa shape index (κ3) is 4.36. The fourth-order valence-corrected chi connectivity index (χ4v) is 5.25. The van der Waals surface area contributed by atoms with Gasteiger partial charge in [0.1, 0.15) is 5.82 Å². The number of pyridine rings is 1. The second kappa shape index (κ2) is 8.16. The highest BCUT2D eigenvalue weighted by atomic mass is 32.2. The van der Waals surface area contributed by atoms with Crippen LogP contribution in [0.5, 0.6) is 0 Å². The van der Waals surface area contributed by atoms with Gasteiger partial charge in [0.2, 0.25) is 0 Å². The maximum atomic E-state index is 13.5. The molecule has 0 aliphatic carbocycles. The molecule has 0 amide bonds. The number of imidazole rings is 1. The zero-order chi connectivity index (χ0) is 21.3. The van der Waals surface area contributed by atoms with Crippen molar-refractivity contribution >= 4 is 21.4 Å². The number of nitrogens with zero attached hydrogens (tertiary/aromatic N) is 4. The molecule has 0 saturated carbocycles. The second-order valence-electron chi connectivity index (χ2n) is 7.64. The topological polar surface area (TPSA) is 80.1 Å². The molecule has 1 saturated heterocycles. The molecular formula is C21H24FN5O2S. The Labute approximate surface area is 175 Å². The lowest BCUT2D eigenvalue weighted by molar-refractivity contribution is 0.312. The van der Waals surface area contributed by atoms with Crippen LogP contribution in [0.2, 0.25) is 0 Å². The summed E-state index contributed by atoms with van der Waals surface area (Å²) in [5, 5.41) is 3.28. The molecule has 0 unspecified atom stereocenters. The number of halogens is 1. The van der Waals surface area contributed by atoms with E-state index in [-0.39, 0.29) is 16.8 Å². The van der Waals surface area contributed by atoms with Crippen molar-refractivity contribution in [3.8, 4) is 0 Å². The van der Waals surface area contributed by atoms with Crippen LogP contribution in [0.3, 0.4) is 0 Å². The van der Waals surface area contributed by atoms with Crippen LogP contribution >= 0.6 is 0 Å². The van der Waals surface area contributed by atoms with Crippen LogP contribution in [0.4, 0.5) is 15.8 Å². The number of anilines is 2. The molecule has 2 aromatic heterocycles. The smallest absolute Gasteiger partial charge is 0.262 e. The zero-order valence-corrected chi connectivity index (χ0v) is 17.7. The van der Waals surface area contributed by atoms with Gasteiger partial charge in [0, 0.05) is 55.0 Å². The Morgan fingerprint density at radius 3 is 2.77 bits per heavy atom. The third-order valence-corrected chi connectivity index (χ3v) is 6.93. The van der Waals surface area contributed by atoms with Crippen LogP contribution < -0.4 is 5.32 Å². The van der Waals surface area contributed by atoms with E-state index in [1.807, 2.05) is 19.1 Å². The molecule has 1 atom stereocenters. The quantitative estimate of drug-likeness (QED) is 0.671. The number of sulfonamides is 1. The van der Waals surface area contributed by atoms with E-state index < -0.39 is 10.0 Å². The van der Waals surface area contributed by atoms with Crippen molar-refractivity contribution in [1.82, 2.24) is 18.8 Å². The summed E-state index contributed by atoms with van der Waals surface area (Å²) in [5.74, 6) is -0.334. The maximum Gasteiger partial charge on any atom is 0.262 e. The van der Waals surface area contributed by atoms with Crippen molar-refractivity contribution < 1.29 is 12.8 Å². The minimum absolute atomic E-state index is 0.0230. The summed E-state index contributed by atoms with van der Waals surface area (Å²) in [6.07, 6.45) is 4.61. The molecule has 1 aliphatic heterocycles. The molecule has 4 rings (SSSR count). The van der Waals surface area contributed by atoms with E-state index in [2.05, 4.69) is 15.3 Å². The van der Waals surface area contributed by atoms with Crippen LogP contribution in [0.25, 0.3) is 0 Å². The summed E-state index contributed by atoms with van der Waals surface area (Å²) in [5.41, 5.74) is 3.09. The number of benzene rings is 1. The number of hydrogen-bond acceptors (Lipinski definition) is 5. The fraction of sp³-hybridized carbons (Fsp3) is 0.333. The lowest BCUT2D eigenvalue weighted by Crippen LogP contribution is -2.39. The van der Waals surface area contributed by atoms with Crippen molar-refractivity contribution in [2.75, 3.05) is 18.4 Å². The van der Waals surface area contributed by atoms with Crippen LogP contribution in [0.1, 0.15) is 30.1 Å². The summed E-state index contributed by atoms with van der Waals surface area (Å²) in [6, 6.07) is 10.1. The normalized spacial score (nSPS) is 17.8. The summed E-state index contributed by atoms with van der Waals surface area (Å²) >= 11 is 0. The van der Waals surface area contributed by atoms with E-state index >= 15 is 0 Å². The van der Waals surface area contributed by atoms with Gasteiger partial charge in [-0.25, -0.2) is 17.8 Å². The predicted octanol–water partition coefficient (Wildman–Crippen LogP) is 3.57. The molecule has 1 N–H and O–H groups in total. The number of aromatic nitrogens is 3. The Balaban J connectivity index is 1.57. The Hall–Kier alpha value is -2.78. The van der Waals surface area contributed by atoms with Crippen molar-refractivity contribution in [2.24, 2.45) is 7.05 Å². The Morgan fingerprint density at radius 1 is 1.20 bits per heavy atom. The molecule has 1 fully saturated rings. The minimum Gasteiger partial charge on any atom is -0.355 e. The van der Waals surface area contributed by atoms with Gasteiger partial charge < -0.3 is 9.88 Å². The molecule has 1 aromatic carbocycles. The van der Waals surface area contributed by atoms with Gasteiger partial charge in [-0.1, -0.05) is 6.07 Å². The standard InChI is InChI=1S/C21H24FN5O2S/c1-15-9-19(25-18-7-3-6-17(22)10-18)11-20(24-15)16-5-4-8-27(12-16)30(28,29)21-13-26(2)14-23-21/h3,6-7,9-11,13-14,16H,4-5,8,12H2,1-2H3,(H,24,25)/t16-/m0/s1. The van der Waals surface area contributed by atoms with Crippen molar-refractivity contribution in [1.29, 1.82) is 0 Å². The van der Waals surface area contributed by atoms with Crippen LogP contribution in [-0.2, 0) is 17.1 Å². The van der Waals surface area contributed by atoms with Gasteiger partial charge in [-0.05, 0) is 50.1 Å². The van der Waals surface area contributed by atoms with E-state index in [0.717, 1.165) is 29.9 Å². The highest BCUT2D eigenvalue weighted by Crippen LogP contribution is 2.31. The molecule has 30 heavy (non-hydrogen) atoms. The van der Waals surface area contributed by atoms with Crippen LogP contribution in [0, 0.1) is 12.7 Å². The molecule has 3 heterocycles. The number of aryl methyl sites for hydroxylation is 2. The molecule has 1 aliphatic rings. The zero-order valence-electron chi connectivity index (χ0n) is 16.9. The first-order chi connectivity index (χ1) is 14.3. The summed E-state index contributed by atoms with van der Waals surface area (Å²) in [7, 11) is -1.89. The van der Waals surface area contributed by atoms with Gasteiger partial charge in [-0.3, -0.25) is 4.98 Å². The molecule has 0 spiro atoms. The number of hydrogen-bond donors (Lipinski definition) is 1. The molecule has 9 heteroatoms. The third-order valence-electron chi connectivity index (χ3n) is 5.17. The van der Waals surface area contributed by atoms with Crippen LogP contribution in [-0.4, -0.2) is 40.3 Å². The predicted molar refractivity (Wildman–Crippen MR) is 113 cm³/mol. The summed E-state index contributed by atoms with van der Waals surface area (Å²) < 4.78 is 42.5. The monoisotopic (exact) mass is 429 g/mol. The number of rotatable bonds is 5. The van der Waals surface area contributed by atoms with Gasteiger partial charge in [-0.2, -0.15) is 4.31 Å². The first kappa shape index (κ1) is 20.5. The Bertz CT molecular complexity index is 1160. The first-order valence-corrected chi connectivity index (χ1v) is 11.2. The first-order valence-electron chi connectivity index (χ1n) is 9.80. The average Bonchev–Trinajstić information content (AvgIpc) is 3.15. The lowest BCUT2D eigenvalue weighted by Gasteiger charge is -2.31. The van der Waals surface area contributed by atoms with Gasteiger partial charge in [0.25, 0.3) is 10.0 Å². The highest BCUT2D eigenvalue weighted by Gasteiger charge is 2.33. The SMILES string of the molecule is Cc1cc(Nc2cccc(F)c2)cc([C@H]2CCCN(S(=O)(=O)c3cn(C)cn3)C2)n1. The maximum absolute atomic E-state index is 13.5. The van der Waals surface area contributed by atoms with Gasteiger partial charge >= 0.3 is 0 Å². The van der Waals surface area contributed by atoms with Crippen molar-refractivity contribution in [2.45, 2.75) is 30.7 Å². The summed E-state index contributed by atoms with van der Waals surface area (Å²) in [4.78, 5) is 8.67. The van der Waals surface area contributed by atoms with Gasteiger partial charge in [0.15, 0.2) is 5.03 Å². The van der Waals surface area contributed by atoms with Gasteiger partial charge in [0.05, 0.1) is 6.33 Å². The molecule has 7 nitrogen and oxygen atoms in total. The lowest BCUT2D eigenvalue weighted by atomic mass is 9.95. The highest BCUT2D eigenvalue weighted by molar-refractivity contribution is 7.89. The van der Waals surface area contributed by atoms with E-state index in [1.165, 1.54) is 29.0 Å². The molecule has 0 bridgehead atoms. The number of piperidine rings is 1. The van der Waals surface area contributed by atoms with Crippen molar-refractivity contribution in [3.05, 3.63) is 66.1 Å². The van der Waals surface area contributed by atoms with E-state index in [1.54, 1.807) is 23.7 Å². The van der Waals surface area contributed by atoms with Crippen molar-refractivity contribution in [3.63, 3.8) is 0 Å². The van der Waals surface area contributed by atoms with E-state index in [9.17, 15) is 12.8 Å². The molecule has 0 radical (unpaired) electrons. The minimum atomic E-state index is -3.64. The summed E-state index contributed by atoms with van der Waals surface area (Å²) in [6.45, 7) is 2.72. The Morgan fingerprint density at radius 2 is 2.03 bits per heavy atom. The number of nitrogens with one attached hydrogen (secondary N) is 1. The average molecular weight is 430 g/mol. The van der Waals surface area contributed by atoms with Gasteiger partial charge in [-0.15, -0.1) is 0 Å². The fourth-order valence-electron chi connectivity index (χ4n) is 3.76. The van der Waals surface area contributed by atoms with E-state index in [4.69, 9.17) is 0 Å². The Kier molecular flexibility index (Phi) is 5.57.